The Labute approximate surface area is 143 Å². The zero-order valence-electron chi connectivity index (χ0n) is 14.4. The van der Waals surface area contributed by atoms with Crippen molar-refractivity contribution in [1.82, 2.24) is 9.88 Å². The van der Waals surface area contributed by atoms with Crippen molar-refractivity contribution >= 4 is 0 Å². The molecule has 0 unspecified atom stereocenters. The summed E-state index contributed by atoms with van der Waals surface area (Å²) in [5.41, 5.74) is 3.14. The first-order valence-electron chi connectivity index (χ1n) is 8.56. The van der Waals surface area contributed by atoms with E-state index in [4.69, 9.17) is 4.74 Å². The molecule has 0 aliphatic carbocycles. The third kappa shape index (κ3) is 4.00. The Morgan fingerprint density at radius 1 is 1.25 bits per heavy atom. The second kappa shape index (κ2) is 7.86. The van der Waals surface area contributed by atoms with Gasteiger partial charge in [-0.15, -0.1) is 0 Å². The molecular formula is C20H25FN2O. The summed E-state index contributed by atoms with van der Waals surface area (Å²) in [6.45, 7) is 4.81. The number of aromatic nitrogens is 1. The van der Waals surface area contributed by atoms with Crippen molar-refractivity contribution in [2.24, 2.45) is 5.92 Å². The number of nitrogens with zero attached hydrogens (tertiary/aromatic N) is 2. The molecule has 24 heavy (non-hydrogen) atoms. The van der Waals surface area contributed by atoms with Gasteiger partial charge in [0.1, 0.15) is 5.82 Å². The minimum absolute atomic E-state index is 0.112. The third-order valence-electron chi connectivity index (χ3n) is 5.01. The number of aryl methyl sites for hydroxylation is 1. The fourth-order valence-corrected chi connectivity index (χ4v) is 3.52. The van der Waals surface area contributed by atoms with Crippen LogP contribution in [0.2, 0.25) is 0 Å². The zero-order valence-corrected chi connectivity index (χ0v) is 14.4. The van der Waals surface area contributed by atoms with Gasteiger partial charge in [-0.25, -0.2) is 4.39 Å². The number of likely N-dealkylation sites (tertiary alicyclic amines) is 1. The SMILES string of the molecule is CO[C@@H]1CN(Cc2ncccc2C)CC[C@@H]1Cc1ccccc1F. The molecule has 1 aliphatic rings. The summed E-state index contributed by atoms with van der Waals surface area (Å²) >= 11 is 0. The largest absolute Gasteiger partial charge is 0.380 e. The summed E-state index contributed by atoms with van der Waals surface area (Å²) in [6, 6.07) is 11.1. The highest BCUT2D eigenvalue weighted by Crippen LogP contribution is 2.26. The van der Waals surface area contributed by atoms with Gasteiger partial charge >= 0.3 is 0 Å². The molecule has 2 heterocycles. The molecule has 0 amide bonds. The van der Waals surface area contributed by atoms with Crippen LogP contribution in [0.4, 0.5) is 4.39 Å². The lowest BCUT2D eigenvalue weighted by molar-refractivity contribution is -0.0141. The van der Waals surface area contributed by atoms with Crippen LogP contribution in [0.25, 0.3) is 0 Å². The quantitative estimate of drug-likeness (QED) is 0.838. The Bertz CT molecular complexity index is 676. The highest BCUT2D eigenvalue weighted by molar-refractivity contribution is 5.19. The van der Waals surface area contributed by atoms with Crippen molar-refractivity contribution in [3.8, 4) is 0 Å². The van der Waals surface area contributed by atoms with Crippen molar-refractivity contribution in [2.45, 2.75) is 32.4 Å². The Kier molecular flexibility index (Phi) is 5.59. The topological polar surface area (TPSA) is 25.4 Å². The number of halogens is 1. The van der Waals surface area contributed by atoms with Crippen LogP contribution >= 0.6 is 0 Å². The summed E-state index contributed by atoms with van der Waals surface area (Å²) in [4.78, 5) is 6.88. The van der Waals surface area contributed by atoms with Crippen LogP contribution in [-0.4, -0.2) is 36.2 Å². The third-order valence-corrected chi connectivity index (χ3v) is 5.01. The summed E-state index contributed by atoms with van der Waals surface area (Å²) in [5.74, 6) is 0.242. The van der Waals surface area contributed by atoms with E-state index in [0.717, 1.165) is 43.7 Å². The standard InChI is InChI=1S/C20H25FN2O/c1-15-6-5-10-22-19(15)13-23-11-9-17(20(14-23)24-2)12-16-7-3-4-8-18(16)21/h3-8,10,17,20H,9,11-14H2,1-2H3/t17-,20-/m1/s1. The molecule has 2 atom stereocenters. The molecule has 2 aromatic rings. The first-order valence-corrected chi connectivity index (χ1v) is 8.56. The highest BCUT2D eigenvalue weighted by Gasteiger charge is 2.30. The predicted octanol–water partition coefficient (Wildman–Crippen LogP) is 3.61. The maximum absolute atomic E-state index is 13.9. The summed E-state index contributed by atoms with van der Waals surface area (Å²) in [6.07, 6.45) is 3.73. The Hall–Kier alpha value is -1.78. The van der Waals surface area contributed by atoms with Crippen molar-refractivity contribution < 1.29 is 9.13 Å². The minimum Gasteiger partial charge on any atom is -0.380 e. The molecule has 3 rings (SSSR count). The number of pyridine rings is 1. The smallest absolute Gasteiger partial charge is 0.126 e. The van der Waals surface area contributed by atoms with Gasteiger partial charge in [0.2, 0.25) is 0 Å². The van der Waals surface area contributed by atoms with E-state index in [1.54, 1.807) is 13.2 Å². The summed E-state index contributed by atoms with van der Waals surface area (Å²) in [7, 11) is 1.76. The number of hydrogen-bond donors (Lipinski definition) is 0. The van der Waals surface area contributed by atoms with Crippen molar-refractivity contribution in [3.05, 3.63) is 65.2 Å². The molecule has 0 radical (unpaired) electrons. The lowest BCUT2D eigenvalue weighted by Crippen LogP contribution is -2.45. The van der Waals surface area contributed by atoms with Crippen LogP contribution in [-0.2, 0) is 17.7 Å². The molecule has 1 fully saturated rings. The minimum atomic E-state index is -0.112. The fraction of sp³-hybridized carbons (Fsp3) is 0.450. The van der Waals surface area contributed by atoms with Crippen LogP contribution < -0.4 is 0 Å². The molecule has 1 aliphatic heterocycles. The monoisotopic (exact) mass is 328 g/mol. The van der Waals surface area contributed by atoms with Crippen LogP contribution in [0.1, 0.15) is 23.2 Å². The van der Waals surface area contributed by atoms with Crippen LogP contribution in [0, 0.1) is 18.7 Å². The van der Waals surface area contributed by atoms with Gasteiger partial charge in [0.15, 0.2) is 0 Å². The van der Waals surface area contributed by atoms with Gasteiger partial charge < -0.3 is 4.74 Å². The molecule has 1 saturated heterocycles. The number of piperidine rings is 1. The van der Waals surface area contributed by atoms with Crippen molar-refractivity contribution in [3.63, 3.8) is 0 Å². The lowest BCUT2D eigenvalue weighted by Gasteiger charge is -2.38. The Morgan fingerprint density at radius 3 is 2.83 bits per heavy atom. The van der Waals surface area contributed by atoms with Gasteiger partial charge in [-0.2, -0.15) is 0 Å². The predicted molar refractivity (Wildman–Crippen MR) is 93.3 cm³/mol. The van der Waals surface area contributed by atoms with Gasteiger partial charge in [-0.1, -0.05) is 24.3 Å². The molecule has 0 N–H and O–H groups in total. The number of ether oxygens (including phenoxy) is 1. The van der Waals surface area contributed by atoms with Gasteiger partial charge in [0.05, 0.1) is 11.8 Å². The van der Waals surface area contributed by atoms with Crippen LogP contribution in [0.15, 0.2) is 42.6 Å². The molecule has 0 spiro atoms. The van der Waals surface area contributed by atoms with E-state index in [-0.39, 0.29) is 11.9 Å². The van der Waals surface area contributed by atoms with E-state index in [1.165, 1.54) is 11.6 Å². The van der Waals surface area contributed by atoms with Gasteiger partial charge in [0.25, 0.3) is 0 Å². The van der Waals surface area contributed by atoms with Crippen molar-refractivity contribution in [1.29, 1.82) is 0 Å². The molecule has 1 aromatic heterocycles. The van der Waals surface area contributed by atoms with E-state index in [1.807, 2.05) is 24.4 Å². The average molecular weight is 328 g/mol. The van der Waals surface area contributed by atoms with E-state index in [9.17, 15) is 4.39 Å². The second-order valence-corrected chi connectivity index (χ2v) is 6.62. The molecule has 0 saturated carbocycles. The maximum Gasteiger partial charge on any atom is 0.126 e. The lowest BCUT2D eigenvalue weighted by atomic mass is 9.87. The number of hydrogen-bond acceptors (Lipinski definition) is 3. The van der Waals surface area contributed by atoms with E-state index in [0.29, 0.717) is 5.92 Å². The Morgan fingerprint density at radius 2 is 2.08 bits per heavy atom. The number of methoxy groups -OCH3 is 1. The van der Waals surface area contributed by atoms with Crippen molar-refractivity contribution in [2.75, 3.05) is 20.2 Å². The fourth-order valence-electron chi connectivity index (χ4n) is 3.52. The first-order chi connectivity index (χ1) is 11.7. The van der Waals surface area contributed by atoms with Crippen LogP contribution in [0.5, 0.6) is 0 Å². The zero-order chi connectivity index (χ0) is 16.9. The van der Waals surface area contributed by atoms with E-state index < -0.39 is 0 Å². The van der Waals surface area contributed by atoms with Gasteiger partial charge in [0, 0.05) is 26.4 Å². The molecule has 3 nitrogen and oxygen atoms in total. The highest BCUT2D eigenvalue weighted by atomic mass is 19.1. The molecule has 128 valence electrons. The van der Waals surface area contributed by atoms with Gasteiger partial charge in [-0.3, -0.25) is 9.88 Å². The normalized spacial score (nSPS) is 21.8. The molecule has 1 aromatic carbocycles. The second-order valence-electron chi connectivity index (χ2n) is 6.62. The number of rotatable bonds is 5. The molecular weight excluding hydrogens is 303 g/mol. The van der Waals surface area contributed by atoms with Crippen LogP contribution in [0.3, 0.4) is 0 Å². The average Bonchev–Trinajstić information content (AvgIpc) is 2.60. The van der Waals surface area contributed by atoms with E-state index in [2.05, 4.69) is 22.9 Å². The summed E-state index contributed by atoms with van der Waals surface area (Å²) < 4.78 is 19.7. The maximum atomic E-state index is 13.9. The molecule has 4 heteroatoms. The van der Waals surface area contributed by atoms with E-state index >= 15 is 0 Å². The van der Waals surface area contributed by atoms with Gasteiger partial charge in [-0.05, 0) is 55.5 Å². The summed E-state index contributed by atoms with van der Waals surface area (Å²) in [5, 5.41) is 0. The number of benzene rings is 1. The Balaban J connectivity index is 1.64. The molecule has 0 bridgehead atoms. The first kappa shape index (κ1) is 17.1.